The Kier molecular flexibility index (Phi) is 9.12. The maximum Gasteiger partial charge on any atom is 0.211 e. The van der Waals surface area contributed by atoms with Gasteiger partial charge in [0.25, 0.3) is 0 Å². The molecule has 17 heavy (non-hydrogen) atoms. The largest absolute Gasteiger partial charge is 0.408 e. The molecule has 0 unspecified atom stereocenters. The van der Waals surface area contributed by atoms with E-state index in [1.165, 1.54) is 0 Å². The Morgan fingerprint density at radius 3 is 2.47 bits per heavy atom. The summed E-state index contributed by atoms with van der Waals surface area (Å²) in [6.45, 7) is 14.5. The van der Waals surface area contributed by atoms with Crippen molar-refractivity contribution in [3.63, 3.8) is 0 Å². The molecule has 0 saturated carbocycles. The summed E-state index contributed by atoms with van der Waals surface area (Å²) < 4.78 is 13.8. The summed E-state index contributed by atoms with van der Waals surface area (Å²) in [5, 5.41) is 0. The molecular weight excluding hydrogens is 343 g/mol. The van der Waals surface area contributed by atoms with Gasteiger partial charge in [0, 0.05) is 0 Å². The molecule has 0 radical (unpaired) electrons. The third-order valence-corrected chi connectivity index (χ3v) is 4.82. The van der Waals surface area contributed by atoms with Crippen molar-refractivity contribution >= 4 is 30.9 Å². The molecule has 98 valence electrons. The predicted octanol–water partition coefficient (Wildman–Crippen LogP) is 4.23. The van der Waals surface area contributed by atoms with Crippen molar-refractivity contribution in [3.05, 3.63) is 35.1 Å². The van der Waals surface area contributed by atoms with Gasteiger partial charge in [-0.1, -0.05) is 40.4 Å². The Morgan fingerprint density at radius 2 is 2.00 bits per heavy atom. The van der Waals surface area contributed by atoms with Crippen molar-refractivity contribution < 1.29 is 9.16 Å². The molecule has 0 aromatic carbocycles. The molecule has 0 saturated heterocycles. The molecule has 0 N–H and O–H groups in total. The molecule has 0 aliphatic carbocycles. The van der Waals surface area contributed by atoms with E-state index < -0.39 is 8.32 Å². The van der Waals surface area contributed by atoms with Crippen LogP contribution in [0.3, 0.4) is 0 Å². The van der Waals surface area contributed by atoms with Crippen LogP contribution < -0.4 is 0 Å². The molecule has 0 aliphatic heterocycles. The van der Waals surface area contributed by atoms with E-state index >= 15 is 0 Å². The summed E-state index contributed by atoms with van der Waals surface area (Å²) in [4.78, 5) is 0. The van der Waals surface area contributed by atoms with Crippen LogP contribution in [0, 0.1) is 0 Å². The second kappa shape index (κ2) is 9.07. The third kappa shape index (κ3) is 7.91. The number of hydrogen-bond acceptors (Lipinski definition) is 2. The molecule has 0 spiro atoms. The molecule has 0 heterocycles. The van der Waals surface area contributed by atoms with E-state index in [2.05, 4.69) is 48.8 Å². The van der Waals surface area contributed by atoms with Gasteiger partial charge in [0.2, 0.25) is 8.32 Å². The quantitative estimate of drug-likeness (QED) is 0.345. The minimum atomic E-state index is -1.77. The van der Waals surface area contributed by atoms with Crippen LogP contribution in [0.2, 0.25) is 13.1 Å². The van der Waals surface area contributed by atoms with Crippen LogP contribution in [0.5, 0.6) is 0 Å². The van der Waals surface area contributed by atoms with Crippen LogP contribution in [-0.4, -0.2) is 27.1 Å². The van der Waals surface area contributed by atoms with Gasteiger partial charge in [0.1, 0.15) is 0 Å². The molecule has 0 aromatic heterocycles. The Balaban J connectivity index is 4.39. The van der Waals surface area contributed by atoms with Crippen molar-refractivity contribution in [2.75, 3.05) is 6.61 Å². The van der Waals surface area contributed by atoms with E-state index in [0.717, 1.165) is 6.42 Å². The van der Waals surface area contributed by atoms with Gasteiger partial charge in [-0.05, 0) is 30.5 Å². The van der Waals surface area contributed by atoms with E-state index in [4.69, 9.17) is 9.16 Å². The minimum absolute atomic E-state index is 0.0623. The van der Waals surface area contributed by atoms with Crippen molar-refractivity contribution in [2.24, 2.45) is 0 Å². The maximum absolute atomic E-state index is 6.12. The zero-order valence-electron chi connectivity index (χ0n) is 11.0. The highest BCUT2D eigenvalue weighted by Crippen LogP contribution is 2.16. The third-order valence-electron chi connectivity index (χ3n) is 2.41. The van der Waals surface area contributed by atoms with Crippen molar-refractivity contribution in [1.29, 1.82) is 0 Å². The second-order valence-corrected chi connectivity index (χ2v) is 8.96. The topological polar surface area (TPSA) is 18.5 Å². The first kappa shape index (κ1) is 17.1. The summed E-state index contributed by atoms with van der Waals surface area (Å²) in [5.41, 5.74) is 1.94. The summed E-state index contributed by atoms with van der Waals surface area (Å²) in [5.74, 6) is 0. The summed E-state index contributed by atoms with van der Waals surface area (Å²) in [6, 6.07) is 0. The fraction of sp³-hybridized carbons (Fsp3) is 0.538. The molecule has 2 atom stereocenters. The fourth-order valence-electron chi connectivity index (χ4n) is 1.29. The standard InChI is InChI=1S/C13H23IO2Si/c1-6-9-13(16-17(4,5)7-2)12(3)15-11-8-10-14/h6-8,10,12-13H,1-2,9,11H2,3-5H3/b10-8-/t12-,13-/m0/s1. The lowest BCUT2D eigenvalue weighted by molar-refractivity contribution is -0.00388. The van der Waals surface area contributed by atoms with Crippen LogP contribution in [0.4, 0.5) is 0 Å². The van der Waals surface area contributed by atoms with Gasteiger partial charge < -0.3 is 9.16 Å². The smallest absolute Gasteiger partial charge is 0.211 e. The van der Waals surface area contributed by atoms with E-state index in [-0.39, 0.29) is 12.2 Å². The SMILES string of the molecule is C=CC[C@H](O[Si](C)(C)C=C)[C@H](C)OC/C=C\I. The molecule has 0 rings (SSSR count). The van der Waals surface area contributed by atoms with Gasteiger partial charge in [-0.2, -0.15) is 0 Å². The lowest BCUT2D eigenvalue weighted by Gasteiger charge is -2.30. The number of ether oxygens (including phenoxy) is 1. The van der Waals surface area contributed by atoms with Crippen LogP contribution >= 0.6 is 22.6 Å². The number of hydrogen-bond donors (Lipinski definition) is 0. The Bertz CT molecular complexity index is 264. The van der Waals surface area contributed by atoms with Gasteiger partial charge in [-0.25, -0.2) is 0 Å². The second-order valence-electron chi connectivity index (χ2n) is 4.39. The highest BCUT2D eigenvalue weighted by atomic mass is 127. The Morgan fingerprint density at radius 1 is 1.35 bits per heavy atom. The van der Waals surface area contributed by atoms with E-state index in [0.29, 0.717) is 6.61 Å². The van der Waals surface area contributed by atoms with E-state index in [1.807, 2.05) is 28.9 Å². The first-order chi connectivity index (χ1) is 7.96. The molecule has 0 fully saturated rings. The summed E-state index contributed by atoms with van der Waals surface area (Å²) >= 11 is 2.18. The van der Waals surface area contributed by atoms with Gasteiger partial charge in [-0.15, -0.1) is 13.2 Å². The zero-order chi connectivity index (χ0) is 13.3. The summed E-state index contributed by atoms with van der Waals surface area (Å²) in [7, 11) is -1.77. The van der Waals surface area contributed by atoms with Crippen LogP contribution in [-0.2, 0) is 9.16 Å². The predicted molar refractivity (Wildman–Crippen MR) is 85.9 cm³/mol. The highest BCUT2D eigenvalue weighted by molar-refractivity contribution is 14.1. The van der Waals surface area contributed by atoms with Gasteiger partial charge in [-0.3, -0.25) is 0 Å². The van der Waals surface area contributed by atoms with Gasteiger partial charge in [0.15, 0.2) is 0 Å². The normalized spacial score (nSPS) is 15.8. The lowest BCUT2D eigenvalue weighted by Crippen LogP contribution is -2.39. The highest BCUT2D eigenvalue weighted by Gasteiger charge is 2.26. The number of halogens is 1. The monoisotopic (exact) mass is 366 g/mol. The first-order valence-corrected chi connectivity index (χ1v) is 9.99. The molecular formula is C13H23IO2Si. The summed E-state index contributed by atoms with van der Waals surface area (Å²) in [6.07, 6.45) is 4.80. The molecule has 0 aliphatic rings. The van der Waals surface area contributed by atoms with Crippen molar-refractivity contribution in [3.8, 4) is 0 Å². The van der Waals surface area contributed by atoms with Crippen LogP contribution in [0.25, 0.3) is 0 Å². The number of rotatable bonds is 9. The van der Waals surface area contributed by atoms with Crippen molar-refractivity contribution in [1.82, 2.24) is 0 Å². The molecule has 4 heteroatoms. The zero-order valence-corrected chi connectivity index (χ0v) is 14.1. The van der Waals surface area contributed by atoms with Crippen LogP contribution in [0.1, 0.15) is 13.3 Å². The fourth-order valence-corrected chi connectivity index (χ4v) is 2.66. The van der Waals surface area contributed by atoms with E-state index in [1.54, 1.807) is 0 Å². The average molecular weight is 366 g/mol. The molecule has 0 amide bonds. The maximum atomic E-state index is 6.12. The molecule has 0 bridgehead atoms. The minimum Gasteiger partial charge on any atom is -0.408 e. The van der Waals surface area contributed by atoms with E-state index in [9.17, 15) is 0 Å². The first-order valence-electron chi connectivity index (χ1n) is 5.76. The van der Waals surface area contributed by atoms with Gasteiger partial charge in [0.05, 0.1) is 18.8 Å². The Labute approximate surface area is 120 Å². The molecule has 0 aromatic rings. The average Bonchev–Trinajstić information content (AvgIpc) is 2.28. The Hall–Kier alpha value is 0.0869. The lowest BCUT2D eigenvalue weighted by atomic mass is 10.1. The van der Waals surface area contributed by atoms with Crippen LogP contribution in [0.15, 0.2) is 35.1 Å². The molecule has 2 nitrogen and oxygen atoms in total. The van der Waals surface area contributed by atoms with Crippen molar-refractivity contribution in [2.45, 2.75) is 38.6 Å². The van der Waals surface area contributed by atoms with Gasteiger partial charge >= 0.3 is 0 Å².